The number of amides is 1. The van der Waals surface area contributed by atoms with Crippen molar-refractivity contribution in [1.29, 1.82) is 0 Å². The predicted molar refractivity (Wildman–Crippen MR) is 70.0 cm³/mol. The lowest BCUT2D eigenvalue weighted by molar-refractivity contribution is -0.145. The van der Waals surface area contributed by atoms with Gasteiger partial charge in [0.15, 0.2) is 0 Å². The van der Waals surface area contributed by atoms with E-state index in [-0.39, 0.29) is 17.8 Å². The summed E-state index contributed by atoms with van der Waals surface area (Å²) >= 11 is 0. The van der Waals surface area contributed by atoms with E-state index in [1.807, 2.05) is 4.90 Å². The molecule has 0 aromatic carbocycles. The number of unbranched alkanes of at least 4 members (excludes halogenated alkanes) is 1. The fourth-order valence-electron chi connectivity index (χ4n) is 2.50. The molecule has 1 amide bonds. The van der Waals surface area contributed by atoms with Gasteiger partial charge in [0.05, 0.1) is 13.0 Å². The van der Waals surface area contributed by atoms with Crippen LogP contribution in [0.4, 0.5) is 0 Å². The third-order valence-electron chi connectivity index (χ3n) is 3.77. The lowest BCUT2D eigenvalue weighted by atomic mass is 9.99. The Morgan fingerprint density at radius 3 is 2.78 bits per heavy atom. The van der Waals surface area contributed by atoms with E-state index in [4.69, 9.17) is 4.74 Å². The molecule has 1 aliphatic rings. The second kappa shape index (κ2) is 7.39. The molecule has 4 heteroatoms. The molecule has 0 saturated carbocycles. The molecule has 2 unspecified atom stereocenters. The molecule has 2 atom stereocenters. The first kappa shape index (κ1) is 15.0. The molecule has 0 aliphatic carbocycles. The maximum Gasteiger partial charge on any atom is 0.310 e. The normalized spacial score (nSPS) is 21.2. The van der Waals surface area contributed by atoms with Gasteiger partial charge in [-0.05, 0) is 12.3 Å². The highest BCUT2D eigenvalue weighted by Crippen LogP contribution is 2.22. The smallest absolute Gasteiger partial charge is 0.310 e. The quantitative estimate of drug-likeness (QED) is 0.655. The Morgan fingerprint density at radius 2 is 2.22 bits per heavy atom. The molecule has 0 aromatic rings. The van der Waals surface area contributed by atoms with E-state index in [2.05, 4.69) is 13.8 Å². The molecule has 1 fully saturated rings. The van der Waals surface area contributed by atoms with Crippen LogP contribution in [-0.2, 0) is 14.3 Å². The molecule has 0 aromatic heterocycles. The Bertz CT molecular complexity index is 291. The van der Waals surface area contributed by atoms with Crippen LogP contribution in [0, 0.1) is 11.8 Å². The zero-order valence-corrected chi connectivity index (χ0v) is 11.8. The van der Waals surface area contributed by atoms with Crippen molar-refractivity contribution in [2.75, 3.05) is 20.2 Å². The number of esters is 1. The highest BCUT2D eigenvalue weighted by molar-refractivity contribution is 5.86. The van der Waals surface area contributed by atoms with Gasteiger partial charge in [-0.3, -0.25) is 9.59 Å². The molecule has 18 heavy (non-hydrogen) atoms. The maximum atomic E-state index is 11.8. The number of hydrogen-bond donors (Lipinski definition) is 0. The van der Waals surface area contributed by atoms with Crippen LogP contribution in [0.25, 0.3) is 0 Å². The molecule has 4 nitrogen and oxygen atoms in total. The minimum absolute atomic E-state index is 0.0975. The molecule has 0 N–H and O–H groups in total. The minimum Gasteiger partial charge on any atom is -0.469 e. The van der Waals surface area contributed by atoms with Crippen molar-refractivity contribution in [3.63, 3.8) is 0 Å². The van der Waals surface area contributed by atoms with Gasteiger partial charge in [0, 0.05) is 19.5 Å². The zero-order valence-electron chi connectivity index (χ0n) is 11.8. The summed E-state index contributed by atoms with van der Waals surface area (Å²) in [7, 11) is 1.38. The summed E-state index contributed by atoms with van der Waals surface area (Å²) in [5.41, 5.74) is 0. The zero-order chi connectivity index (χ0) is 13.5. The molecule has 0 bridgehead atoms. The number of nitrogens with zero attached hydrogens (tertiary/aromatic N) is 1. The second-order valence-corrected chi connectivity index (χ2v) is 5.14. The van der Waals surface area contributed by atoms with Crippen molar-refractivity contribution in [2.45, 2.75) is 46.0 Å². The van der Waals surface area contributed by atoms with Gasteiger partial charge < -0.3 is 9.64 Å². The molecule has 0 spiro atoms. The summed E-state index contributed by atoms with van der Waals surface area (Å²) in [6.07, 6.45) is 4.97. The van der Waals surface area contributed by atoms with E-state index >= 15 is 0 Å². The number of rotatable bonds is 7. The first-order chi connectivity index (χ1) is 8.62. The summed E-state index contributed by atoms with van der Waals surface area (Å²) < 4.78 is 4.71. The Kier molecular flexibility index (Phi) is 6.16. The topological polar surface area (TPSA) is 46.6 Å². The summed E-state index contributed by atoms with van der Waals surface area (Å²) in [4.78, 5) is 25.1. The summed E-state index contributed by atoms with van der Waals surface area (Å²) in [6.45, 7) is 5.68. The molecule has 1 rings (SSSR count). The molecule has 1 aliphatic heterocycles. The van der Waals surface area contributed by atoms with Crippen LogP contribution in [0.5, 0.6) is 0 Å². The van der Waals surface area contributed by atoms with Gasteiger partial charge >= 0.3 is 5.97 Å². The maximum absolute atomic E-state index is 11.8. The largest absolute Gasteiger partial charge is 0.469 e. The summed E-state index contributed by atoms with van der Waals surface area (Å²) in [5.74, 6) is 0.143. The third kappa shape index (κ3) is 4.00. The second-order valence-electron chi connectivity index (χ2n) is 5.14. The fraction of sp³-hybridized carbons (Fsp3) is 0.857. The van der Waals surface area contributed by atoms with E-state index in [0.717, 1.165) is 13.0 Å². The molecule has 1 heterocycles. The van der Waals surface area contributed by atoms with Gasteiger partial charge in [0.2, 0.25) is 5.91 Å². The van der Waals surface area contributed by atoms with Gasteiger partial charge in [-0.2, -0.15) is 0 Å². The predicted octanol–water partition coefficient (Wildman–Crippen LogP) is 2.22. The highest BCUT2D eigenvalue weighted by Gasteiger charge is 2.35. The van der Waals surface area contributed by atoms with E-state index in [0.29, 0.717) is 18.9 Å². The average Bonchev–Trinajstić information content (AvgIpc) is 2.74. The van der Waals surface area contributed by atoms with Crippen molar-refractivity contribution in [3.05, 3.63) is 0 Å². The van der Waals surface area contributed by atoms with Crippen molar-refractivity contribution in [1.82, 2.24) is 4.90 Å². The Hall–Kier alpha value is -1.06. The van der Waals surface area contributed by atoms with Crippen LogP contribution in [0.1, 0.15) is 46.0 Å². The van der Waals surface area contributed by atoms with Crippen molar-refractivity contribution < 1.29 is 14.3 Å². The number of carbonyl (C=O) groups excluding carboxylic acids is 2. The van der Waals surface area contributed by atoms with Crippen molar-refractivity contribution in [2.24, 2.45) is 11.8 Å². The molecule has 1 saturated heterocycles. The molecule has 0 radical (unpaired) electrons. The van der Waals surface area contributed by atoms with Gasteiger partial charge in [0.25, 0.3) is 0 Å². The van der Waals surface area contributed by atoms with Gasteiger partial charge in [-0.15, -0.1) is 0 Å². The SMILES string of the molecule is CCCCC(CC)CN1CC(C(=O)OC)CC1=O. The van der Waals surface area contributed by atoms with E-state index in [1.54, 1.807) is 0 Å². The summed E-state index contributed by atoms with van der Waals surface area (Å²) in [6, 6.07) is 0. The minimum atomic E-state index is -0.258. The number of ether oxygens (including phenoxy) is 1. The number of likely N-dealkylation sites (tertiary alicyclic amines) is 1. The van der Waals surface area contributed by atoms with E-state index in [9.17, 15) is 9.59 Å². The number of hydrogen-bond acceptors (Lipinski definition) is 3. The Balaban J connectivity index is 2.46. The fourth-order valence-corrected chi connectivity index (χ4v) is 2.50. The summed E-state index contributed by atoms with van der Waals surface area (Å²) in [5, 5.41) is 0. The van der Waals surface area contributed by atoms with Gasteiger partial charge in [-0.1, -0.05) is 33.1 Å². The first-order valence-electron chi connectivity index (χ1n) is 6.97. The van der Waals surface area contributed by atoms with Crippen LogP contribution in [0.15, 0.2) is 0 Å². The first-order valence-corrected chi connectivity index (χ1v) is 6.97. The van der Waals surface area contributed by atoms with E-state index in [1.165, 1.54) is 26.4 Å². The van der Waals surface area contributed by atoms with Crippen LogP contribution >= 0.6 is 0 Å². The van der Waals surface area contributed by atoms with E-state index < -0.39 is 0 Å². The lowest BCUT2D eigenvalue weighted by Crippen LogP contribution is -2.31. The van der Waals surface area contributed by atoms with Crippen LogP contribution in [0.3, 0.4) is 0 Å². The standard InChI is InChI=1S/C14H25NO3/c1-4-6-7-11(5-2)9-15-10-12(8-13(15)16)14(17)18-3/h11-12H,4-10H2,1-3H3. The lowest BCUT2D eigenvalue weighted by Gasteiger charge is -2.23. The monoisotopic (exact) mass is 255 g/mol. The van der Waals surface area contributed by atoms with Gasteiger partial charge in [-0.25, -0.2) is 0 Å². The van der Waals surface area contributed by atoms with Crippen molar-refractivity contribution >= 4 is 11.9 Å². The van der Waals surface area contributed by atoms with Crippen LogP contribution in [0.2, 0.25) is 0 Å². The Morgan fingerprint density at radius 1 is 1.50 bits per heavy atom. The van der Waals surface area contributed by atoms with Crippen molar-refractivity contribution in [3.8, 4) is 0 Å². The van der Waals surface area contributed by atoms with Crippen LogP contribution in [-0.4, -0.2) is 37.0 Å². The molecule has 104 valence electrons. The number of carbonyl (C=O) groups is 2. The van der Waals surface area contributed by atoms with Crippen LogP contribution < -0.4 is 0 Å². The third-order valence-corrected chi connectivity index (χ3v) is 3.77. The molecular formula is C14H25NO3. The number of methoxy groups -OCH3 is 1. The average molecular weight is 255 g/mol. The molecular weight excluding hydrogens is 230 g/mol. The van der Waals surface area contributed by atoms with Gasteiger partial charge in [0.1, 0.15) is 0 Å². The highest BCUT2D eigenvalue weighted by atomic mass is 16.5. The Labute approximate surface area is 110 Å².